The van der Waals surface area contributed by atoms with Gasteiger partial charge in [0.1, 0.15) is 0 Å². The predicted molar refractivity (Wildman–Crippen MR) is 125 cm³/mol. The van der Waals surface area contributed by atoms with E-state index in [1.54, 1.807) is 0 Å². The van der Waals surface area contributed by atoms with Crippen LogP contribution >= 0.6 is 0 Å². The topological polar surface area (TPSA) is 3.24 Å². The lowest BCUT2D eigenvalue weighted by Crippen LogP contribution is -2.19. The fourth-order valence-electron chi connectivity index (χ4n) is 3.90. The molecule has 0 bridgehead atoms. The molecule has 0 amide bonds. The third kappa shape index (κ3) is 21.7. The smallest absolute Gasteiger partial charge is 0.0172 e. The van der Waals surface area contributed by atoms with E-state index in [-0.39, 0.29) is 0 Å². The SMILES string of the molecule is C=CN(CCCCCCCCCCCC)CCCCCCCCCCCC. The van der Waals surface area contributed by atoms with Crippen molar-refractivity contribution in [1.29, 1.82) is 0 Å². The summed E-state index contributed by atoms with van der Waals surface area (Å²) in [5.41, 5.74) is 0. The van der Waals surface area contributed by atoms with Crippen LogP contribution in [0.5, 0.6) is 0 Å². The lowest BCUT2D eigenvalue weighted by molar-refractivity contribution is 0.350. The molecule has 1 heteroatoms. The van der Waals surface area contributed by atoms with E-state index in [0.29, 0.717) is 0 Å². The predicted octanol–water partition coefficient (Wildman–Crippen LogP) is 9.27. The number of hydrogen-bond acceptors (Lipinski definition) is 1. The molecule has 0 unspecified atom stereocenters. The molecule has 0 heterocycles. The zero-order valence-electron chi connectivity index (χ0n) is 19.3. The van der Waals surface area contributed by atoms with Gasteiger partial charge in [0.2, 0.25) is 0 Å². The van der Waals surface area contributed by atoms with Gasteiger partial charge in [0.25, 0.3) is 0 Å². The average molecular weight is 380 g/mol. The molecule has 0 atom stereocenters. The van der Waals surface area contributed by atoms with Gasteiger partial charge in [-0.1, -0.05) is 136 Å². The molecule has 0 aliphatic carbocycles. The highest BCUT2D eigenvalue weighted by atomic mass is 15.1. The summed E-state index contributed by atoms with van der Waals surface area (Å²) in [5.74, 6) is 0. The van der Waals surface area contributed by atoms with Crippen molar-refractivity contribution in [2.75, 3.05) is 13.1 Å². The van der Waals surface area contributed by atoms with Gasteiger partial charge in [-0.3, -0.25) is 0 Å². The molecular weight excluding hydrogens is 326 g/mol. The Balaban J connectivity index is 3.29. The van der Waals surface area contributed by atoms with Crippen molar-refractivity contribution in [3.8, 4) is 0 Å². The minimum absolute atomic E-state index is 1.22. The fourth-order valence-corrected chi connectivity index (χ4v) is 3.90. The molecule has 0 aromatic carbocycles. The van der Waals surface area contributed by atoms with E-state index in [4.69, 9.17) is 0 Å². The van der Waals surface area contributed by atoms with E-state index >= 15 is 0 Å². The van der Waals surface area contributed by atoms with Crippen molar-refractivity contribution in [3.05, 3.63) is 12.8 Å². The first-order valence-electron chi connectivity index (χ1n) is 12.7. The highest BCUT2D eigenvalue weighted by molar-refractivity contribution is 4.70. The van der Waals surface area contributed by atoms with Gasteiger partial charge in [-0.25, -0.2) is 0 Å². The summed E-state index contributed by atoms with van der Waals surface area (Å²) in [4.78, 5) is 2.45. The van der Waals surface area contributed by atoms with E-state index in [0.717, 1.165) is 0 Å². The summed E-state index contributed by atoms with van der Waals surface area (Å²) >= 11 is 0. The van der Waals surface area contributed by atoms with E-state index in [9.17, 15) is 0 Å². The molecule has 0 rings (SSSR count). The second-order valence-corrected chi connectivity index (χ2v) is 8.58. The van der Waals surface area contributed by atoms with E-state index in [1.165, 1.54) is 142 Å². The molecule has 0 radical (unpaired) electrons. The Bertz CT molecular complexity index is 249. The molecule has 1 nitrogen and oxygen atoms in total. The number of nitrogens with zero attached hydrogens (tertiary/aromatic N) is 1. The van der Waals surface area contributed by atoms with Crippen LogP contribution in [0.25, 0.3) is 0 Å². The summed E-state index contributed by atoms with van der Waals surface area (Å²) in [6, 6.07) is 0. The maximum absolute atomic E-state index is 4.01. The Morgan fingerprint density at radius 2 is 0.704 bits per heavy atom. The van der Waals surface area contributed by atoms with Gasteiger partial charge in [-0.15, -0.1) is 0 Å². The Morgan fingerprint density at radius 1 is 0.444 bits per heavy atom. The van der Waals surface area contributed by atoms with Crippen molar-refractivity contribution in [2.45, 2.75) is 142 Å². The van der Waals surface area contributed by atoms with E-state index < -0.39 is 0 Å². The summed E-state index contributed by atoms with van der Waals surface area (Å²) in [6.45, 7) is 11.0. The van der Waals surface area contributed by atoms with Gasteiger partial charge in [0.05, 0.1) is 0 Å². The first kappa shape index (κ1) is 26.5. The summed E-state index contributed by atoms with van der Waals surface area (Å²) < 4.78 is 0. The van der Waals surface area contributed by atoms with Crippen LogP contribution in [0, 0.1) is 0 Å². The Kier molecular flexibility index (Phi) is 23.2. The van der Waals surface area contributed by atoms with Crippen LogP contribution in [0.2, 0.25) is 0 Å². The van der Waals surface area contributed by atoms with Crippen LogP contribution in [0.1, 0.15) is 142 Å². The van der Waals surface area contributed by atoms with Crippen LogP contribution < -0.4 is 0 Å². The van der Waals surface area contributed by atoms with Crippen LogP contribution in [0.3, 0.4) is 0 Å². The standard InChI is InChI=1S/C26H53N/c1-4-7-9-11-13-15-17-19-21-23-25-27(6-3)26-24-22-20-18-16-14-12-10-8-5-2/h6H,3-5,7-26H2,1-2H3. The average Bonchev–Trinajstić information content (AvgIpc) is 2.69. The molecule has 0 aromatic rings. The minimum atomic E-state index is 1.22. The quantitative estimate of drug-likeness (QED) is 0.160. The highest BCUT2D eigenvalue weighted by Crippen LogP contribution is 2.12. The van der Waals surface area contributed by atoms with Gasteiger partial charge in [0.15, 0.2) is 0 Å². The van der Waals surface area contributed by atoms with Crippen LogP contribution in [0.15, 0.2) is 12.8 Å². The largest absolute Gasteiger partial charge is 0.378 e. The maximum atomic E-state index is 4.01. The molecular formula is C26H53N. The van der Waals surface area contributed by atoms with Gasteiger partial charge < -0.3 is 4.90 Å². The highest BCUT2D eigenvalue weighted by Gasteiger charge is 2.00. The first-order chi connectivity index (χ1) is 13.3. The van der Waals surface area contributed by atoms with E-state index in [2.05, 4.69) is 31.5 Å². The zero-order valence-corrected chi connectivity index (χ0v) is 19.3. The van der Waals surface area contributed by atoms with Crippen LogP contribution in [-0.2, 0) is 0 Å². The van der Waals surface area contributed by atoms with Crippen molar-refractivity contribution in [3.63, 3.8) is 0 Å². The van der Waals surface area contributed by atoms with Gasteiger partial charge in [0, 0.05) is 13.1 Å². The molecule has 0 aliphatic heterocycles. The molecule has 0 saturated carbocycles. The fraction of sp³-hybridized carbons (Fsp3) is 0.923. The molecule has 162 valence electrons. The van der Waals surface area contributed by atoms with E-state index in [1.807, 2.05) is 0 Å². The molecule has 0 aromatic heterocycles. The van der Waals surface area contributed by atoms with Crippen molar-refractivity contribution in [2.24, 2.45) is 0 Å². The number of unbranched alkanes of at least 4 members (excludes halogenated alkanes) is 18. The normalized spacial score (nSPS) is 11.0. The monoisotopic (exact) mass is 379 g/mol. The minimum Gasteiger partial charge on any atom is -0.378 e. The molecule has 0 fully saturated rings. The summed E-state index contributed by atoms with van der Waals surface area (Å²) in [6.07, 6.45) is 30.5. The van der Waals surface area contributed by atoms with Crippen molar-refractivity contribution >= 4 is 0 Å². The van der Waals surface area contributed by atoms with Crippen LogP contribution in [0.4, 0.5) is 0 Å². The zero-order chi connectivity index (χ0) is 19.8. The van der Waals surface area contributed by atoms with Crippen molar-refractivity contribution < 1.29 is 0 Å². The number of rotatable bonds is 23. The van der Waals surface area contributed by atoms with Crippen molar-refractivity contribution in [1.82, 2.24) is 4.90 Å². The molecule has 0 N–H and O–H groups in total. The second-order valence-electron chi connectivity index (χ2n) is 8.58. The molecule has 0 aliphatic rings. The Labute approximate surface area is 173 Å². The van der Waals surface area contributed by atoms with Gasteiger partial charge >= 0.3 is 0 Å². The van der Waals surface area contributed by atoms with Gasteiger partial charge in [-0.05, 0) is 19.0 Å². The van der Waals surface area contributed by atoms with Crippen LogP contribution in [-0.4, -0.2) is 18.0 Å². The number of hydrogen-bond donors (Lipinski definition) is 0. The lowest BCUT2D eigenvalue weighted by Gasteiger charge is -2.19. The molecule has 0 saturated heterocycles. The maximum Gasteiger partial charge on any atom is 0.0172 e. The Hall–Kier alpha value is -0.460. The lowest BCUT2D eigenvalue weighted by atomic mass is 10.1. The Morgan fingerprint density at radius 3 is 0.963 bits per heavy atom. The van der Waals surface area contributed by atoms with Gasteiger partial charge in [-0.2, -0.15) is 0 Å². The summed E-state index contributed by atoms with van der Waals surface area (Å²) in [7, 11) is 0. The molecule has 27 heavy (non-hydrogen) atoms. The summed E-state index contributed by atoms with van der Waals surface area (Å²) in [5, 5.41) is 0. The third-order valence-corrected chi connectivity index (χ3v) is 5.86. The molecule has 0 spiro atoms. The third-order valence-electron chi connectivity index (χ3n) is 5.86. The second kappa shape index (κ2) is 23.6. The first-order valence-corrected chi connectivity index (χ1v) is 12.7.